The topological polar surface area (TPSA) is 26.3 Å². The van der Waals surface area contributed by atoms with E-state index in [1.807, 2.05) is 26.0 Å². The van der Waals surface area contributed by atoms with Crippen LogP contribution in [0.3, 0.4) is 0 Å². The molecule has 1 aromatic carbocycles. The summed E-state index contributed by atoms with van der Waals surface area (Å²) >= 11 is 5.55. The number of benzene rings is 1. The molecule has 3 heteroatoms. The van der Waals surface area contributed by atoms with Crippen LogP contribution in [0.5, 0.6) is 5.75 Å². The van der Waals surface area contributed by atoms with Crippen molar-refractivity contribution < 1.29 is 9.53 Å². The summed E-state index contributed by atoms with van der Waals surface area (Å²) in [6, 6.07) is 3.75. The first-order chi connectivity index (χ1) is 7.10. The third-order valence-electron chi connectivity index (χ3n) is 2.44. The molecule has 0 aliphatic carbocycles. The molecule has 1 rings (SSSR count). The van der Waals surface area contributed by atoms with Crippen LogP contribution >= 0.6 is 11.6 Å². The number of aryl methyl sites for hydroxylation is 2. The molecule has 0 N–H and O–H groups in total. The molecule has 0 saturated heterocycles. The number of ketones is 1. The standard InChI is InChI=1S/C12H15ClO2/c1-8-6-10(11(14)4-5-13)12(15-3)7-9(8)2/h6-7H,4-5H2,1-3H3. The average molecular weight is 227 g/mol. The molecule has 0 unspecified atom stereocenters. The number of alkyl halides is 1. The van der Waals surface area contributed by atoms with Crippen molar-refractivity contribution in [3.8, 4) is 5.75 Å². The van der Waals surface area contributed by atoms with Gasteiger partial charge in [0.25, 0.3) is 0 Å². The number of halogens is 1. The van der Waals surface area contributed by atoms with Crippen molar-refractivity contribution in [2.45, 2.75) is 20.3 Å². The Labute approximate surface area is 95.2 Å². The van der Waals surface area contributed by atoms with Gasteiger partial charge in [0.2, 0.25) is 0 Å². The van der Waals surface area contributed by atoms with Crippen LogP contribution in [0.25, 0.3) is 0 Å². The maximum Gasteiger partial charge on any atom is 0.167 e. The summed E-state index contributed by atoms with van der Waals surface area (Å²) in [5.41, 5.74) is 2.84. The van der Waals surface area contributed by atoms with E-state index in [0.29, 0.717) is 23.6 Å². The van der Waals surface area contributed by atoms with Crippen molar-refractivity contribution in [1.29, 1.82) is 0 Å². The number of hydrogen-bond donors (Lipinski definition) is 0. The first-order valence-corrected chi connectivity index (χ1v) is 5.38. The molecule has 0 aliphatic rings. The average Bonchev–Trinajstić information content (AvgIpc) is 2.21. The van der Waals surface area contributed by atoms with E-state index >= 15 is 0 Å². The van der Waals surface area contributed by atoms with Gasteiger partial charge in [0.15, 0.2) is 5.78 Å². The van der Waals surface area contributed by atoms with E-state index in [-0.39, 0.29) is 5.78 Å². The summed E-state index contributed by atoms with van der Waals surface area (Å²) in [5.74, 6) is 1.01. The van der Waals surface area contributed by atoms with E-state index in [1.165, 1.54) is 0 Å². The Morgan fingerprint density at radius 1 is 1.33 bits per heavy atom. The Hall–Kier alpha value is -1.02. The SMILES string of the molecule is COc1cc(C)c(C)cc1C(=O)CCCl. The largest absolute Gasteiger partial charge is 0.496 e. The third-order valence-corrected chi connectivity index (χ3v) is 2.63. The lowest BCUT2D eigenvalue weighted by Gasteiger charge is -2.10. The summed E-state index contributed by atoms with van der Waals surface area (Å²) in [6.07, 6.45) is 0.348. The van der Waals surface area contributed by atoms with Gasteiger partial charge in [-0.25, -0.2) is 0 Å². The second-order valence-corrected chi connectivity index (χ2v) is 3.88. The van der Waals surface area contributed by atoms with E-state index in [0.717, 1.165) is 11.1 Å². The van der Waals surface area contributed by atoms with Crippen LogP contribution in [0.2, 0.25) is 0 Å². The molecule has 0 amide bonds. The molecule has 2 nitrogen and oxygen atoms in total. The molecule has 15 heavy (non-hydrogen) atoms. The van der Waals surface area contributed by atoms with Gasteiger partial charge in [-0.05, 0) is 37.1 Å². The molecule has 1 aromatic rings. The highest BCUT2D eigenvalue weighted by atomic mass is 35.5. The summed E-state index contributed by atoms with van der Waals surface area (Å²) in [4.78, 5) is 11.7. The lowest BCUT2D eigenvalue weighted by Crippen LogP contribution is -2.04. The summed E-state index contributed by atoms with van der Waals surface area (Å²) in [6.45, 7) is 3.97. The van der Waals surface area contributed by atoms with Crippen molar-refractivity contribution in [2.75, 3.05) is 13.0 Å². The normalized spacial score (nSPS) is 10.1. The number of Topliss-reactive ketones (excluding diaryl/α,β-unsaturated/α-hetero) is 1. The number of carbonyl (C=O) groups is 1. The Morgan fingerprint density at radius 3 is 2.47 bits per heavy atom. The molecule has 0 spiro atoms. The minimum absolute atomic E-state index is 0.0324. The third kappa shape index (κ3) is 2.72. The molecular formula is C12H15ClO2. The maximum atomic E-state index is 11.7. The molecule has 0 aliphatic heterocycles. The van der Waals surface area contributed by atoms with Gasteiger partial charge in [0, 0.05) is 12.3 Å². The van der Waals surface area contributed by atoms with Crippen LogP contribution in [-0.4, -0.2) is 18.8 Å². The number of methoxy groups -OCH3 is 1. The van der Waals surface area contributed by atoms with Crippen LogP contribution in [-0.2, 0) is 0 Å². The number of ether oxygens (including phenoxy) is 1. The van der Waals surface area contributed by atoms with Crippen molar-refractivity contribution in [1.82, 2.24) is 0 Å². The lowest BCUT2D eigenvalue weighted by atomic mass is 10.0. The van der Waals surface area contributed by atoms with E-state index in [2.05, 4.69) is 0 Å². The van der Waals surface area contributed by atoms with Gasteiger partial charge in [-0.1, -0.05) is 0 Å². The zero-order valence-corrected chi connectivity index (χ0v) is 10.0. The molecular weight excluding hydrogens is 212 g/mol. The van der Waals surface area contributed by atoms with Crippen molar-refractivity contribution in [2.24, 2.45) is 0 Å². The first kappa shape index (κ1) is 12.1. The first-order valence-electron chi connectivity index (χ1n) is 4.84. The Morgan fingerprint density at radius 2 is 1.93 bits per heavy atom. The van der Waals surface area contributed by atoms with Gasteiger partial charge < -0.3 is 4.74 Å². The fraction of sp³-hybridized carbons (Fsp3) is 0.417. The monoisotopic (exact) mass is 226 g/mol. The van der Waals surface area contributed by atoms with Crippen molar-refractivity contribution in [3.63, 3.8) is 0 Å². The van der Waals surface area contributed by atoms with Crippen LogP contribution in [0.4, 0.5) is 0 Å². The fourth-order valence-electron chi connectivity index (χ4n) is 1.40. The molecule has 0 saturated carbocycles. The van der Waals surface area contributed by atoms with E-state index < -0.39 is 0 Å². The second kappa shape index (κ2) is 5.17. The molecule has 0 radical (unpaired) electrons. The number of hydrogen-bond acceptors (Lipinski definition) is 2. The van der Waals surface area contributed by atoms with E-state index in [4.69, 9.17) is 16.3 Å². The summed E-state index contributed by atoms with van der Waals surface area (Å²) < 4.78 is 5.18. The highest BCUT2D eigenvalue weighted by Gasteiger charge is 2.12. The lowest BCUT2D eigenvalue weighted by molar-refractivity contribution is 0.0986. The van der Waals surface area contributed by atoms with E-state index in [9.17, 15) is 4.79 Å². The number of carbonyl (C=O) groups excluding carboxylic acids is 1. The molecule has 0 bridgehead atoms. The molecule has 0 aromatic heterocycles. The molecule has 0 atom stereocenters. The zero-order chi connectivity index (χ0) is 11.4. The van der Waals surface area contributed by atoms with Gasteiger partial charge in [0.1, 0.15) is 5.75 Å². The predicted octanol–water partition coefficient (Wildman–Crippen LogP) is 3.12. The molecule has 0 heterocycles. The van der Waals surface area contributed by atoms with Crippen LogP contribution in [0.1, 0.15) is 27.9 Å². The van der Waals surface area contributed by atoms with Crippen LogP contribution < -0.4 is 4.74 Å². The summed E-state index contributed by atoms with van der Waals surface area (Å²) in [7, 11) is 1.57. The fourth-order valence-corrected chi connectivity index (χ4v) is 1.57. The van der Waals surface area contributed by atoms with Crippen molar-refractivity contribution in [3.05, 3.63) is 28.8 Å². The second-order valence-electron chi connectivity index (χ2n) is 3.50. The Balaban J connectivity index is 3.15. The smallest absolute Gasteiger partial charge is 0.167 e. The van der Waals surface area contributed by atoms with Gasteiger partial charge in [0.05, 0.1) is 12.7 Å². The zero-order valence-electron chi connectivity index (χ0n) is 9.26. The summed E-state index contributed by atoms with van der Waals surface area (Å²) in [5, 5.41) is 0. The minimum atomic E-state index is 0.0324. The van der Waals surface area contributed by atoms with Crippen molar-refractivity contribution >= 4 is 17.4 Å². The highest BCUT2D eigenvalue weighted by molar-refractivity contribution is 6.19. The Bertz CT molecular complexity index is 372. The molecule has 82 valence electrons. The van der Waals surface area contributed by atoms with Gasteiger partial charge >= 0.3 is 0 Å². The van der Waals surface area contributed by atoms with Crippen LogP contribution in [0, 0.1) is 13.8 Å². The van der Waals surface area contributed by atoms with Crippen LogP contribution in [0.15, 0.2) is 12.1 Å². The quantitative estimate of drug-likeness (QED) is 0.583. The highest BCUT2D eigenvalue weighted by Crippen LogP contribution is 2.24. The minimum Gasteiger partial charge on any atom is -0.496 e. The van der Waals surface area contributed by atoms with Gasteiger partial charge in [-0.15, -0.1) is 11.6 Å². The predicted molar refractivity (Wildman–Crippen MR) is 62.1 cm³/mol. The van der Waals surface area contributed by atoms with Gasteiger partial charge in [-0.3, -0.25) is 4.79 Å². The Kier molecular flexibility index (Phi) is 4.15. The maximum absolute atomic E-state index is 11.7. The van der Waals surface area contributed by atoms with Gasteiger partial charge in [-0.2, -0.15) is 0 Å². The molecule has 0 fully saturated rings. The van der Waals surface area contributed by atoms with E-state index in [1.54, 1.807) is 7.11 Å². The number of rotatable bonds is 4.